The van der Waals surface area contributed by atoms with Crippen LogP contribution in [0.2, 0.25) is 0 Å². The molecule has 2 aromatic rings. The molecule has 5 rings (SSSR count). The number of benzene rings is 2. The average Bonchev–Trinajstić information content (AvgIpc) is 3.28. The summed E-state index contributed by atoms with van der Waals surface area (Å²) in [6.45, 7) is 4.07. The van der Waals surface area contributed by atoms with E-state index in [1.54, 1.807) is 16.4 Å². The average molecular weight is 456 g/mol. The number of anilines is 1. The number of carbonyl (C=O) groups excluding carboxylic acids is 1. The van der Waals surface area contributed by atoms with E-state index in [1.807, 2.05) is 35.2 Å². The van der Waals surface area contributed by atoms with Crippen LogP contribution < -0.4 is 9.64 Å². The van der Waals surface area contributed by atoms with Crippen molar-refractivity contribution in [3.8, 4) is 5.75 Å². The highest BCUT2D eigenvalue weighted by Crippen LogP contribution is 2.32. The molecule has 0 aliphatic carbocycles. The summed E-state index contributed by atoms with van der Waals surface area (Å²) in [6, 6.07) is 13.2. The van der Waals surface area contributed by atoms with Crippen LogP contribution in [0.1, 0.15) is 30.4 Å². The standard InChI is InChI=1S/C24H29N3O4S/c28-24(18-25-14-15-31-23-8-2-1-6-20(23)17-25)27-13-5-7-19-16-21(9-10-22(19)27)32(29,30)26-11-3-4-12-26/h1-2,6,8-10,16H,3-5,7,11-15,17-18H2. The van der Waals surface area contributed by atoms with Crippen molar-refractivity contribution in [1.29, 1.82) is 0 Å². The molecule has 0 spiro atoms. The number of hydrogen-bond donors (Lipinski definition) is 0. The van der Waals surface area contributed by atoms with Crippen molar-refractivity contribution in [2.45, 2.75) is 37.1 Å². The second kappa shape index (κ2) is 8.84. The summed E-state index contributed by atoms with van der Waals surface area (Å²) >= 11 is 0. The minimum Gasteiger partial charge on any atom is -0.492 e. The number of fused-ring (bicyclic) bond motifs is 2. The number of hydrogen-bond acceptors (Lipinski definition) is 5. The fourth-order valence-corrected chi connectivity index (χ4v) is 6.43. The number of sulfonamides is 1. The first-order valence-corrected chi connectivity index (χ1v) is 12.8. The smallest absolute Gasteiger partial charge is 0.243 e. The zero-order valence-corrected chi connectivity index (χ0v) is 19.0. The lowest BCUT2D eigenvalue weighted by Crippen LogP contribution is -2.43. The Morgan fingerprint density at radius 2 is 1.75 bits per heavy atom. The van der Waals surface area contributed by atoms with Gasteiger partial charge in [-0.15, -0.1) is 0 Å². The lowest BCUT2D eigenvalue weighted by atomic mass is 10.0. The SMILES string of the molecule is O=C(CN1CCOc2ccccc2C1)N1CCCc2cc(S(=O)(=O)N3CCCC3)ccc21. The van der Waals surface area contributed by atoms with Crippen LogP contribution in [0.5, 0.6) is 5.75 Å². The molecule has 0 atom stereocenters. The van der Waals surface area contributed by atoms with Crippen molar-refractivity contribution in [3.63, 3.8) is 0 Å². The van der Waals surface area contributed by atoms with Crippen molar-refractivity contribution < 1.29 is 17.9 Å². The van der Waals surface area contributed by atoms with Crippen LogP contribution >= 0.6 is 0 Å². The van der Waals surface area contributed by atoms with Crippen LogP contribution in [-0.4, -0.2) is 62.9 Å². The molecule has 0 aromatic heterocycles. The first-order valence-electron chi connectivity index (χ1n) is 11.4. The Morgan fingerprint density at radius 1 is 0.938 bits per heavy atom. The molecular formula is C24H29N3O4S. The van der Waals surface area contributed by atoms with E-state index in [-0.39, 0.29) is 5.91 Å². The number of amides is 1. The van der Waals surface area contributed by atoms with Crippen LogP contribution in [0, 0.1) is 0 Å². The molecule has 3 aliphatic heterocycles. The van der Waals surface area contributed by atoms with Crippen molar-refractivity contribution in [2.75, 3.05) is 44.2 Å². The molecule has 2 aromatic carbocycles. The maximum absolute atomic E-state index is 13.3. The Balaban J connectivity index is 1.33. The van der Waals surface area contributed by atoms with E-state index in [4.69, 9.17) is 4.74 Å². The molecule has 0 bridgehead atoms. The molecule has 1 amide bonds. The monoisotopic (exact) mass is 455 g/mol. The van der Waals surface area contributed by atoms with E-state index in [0.717, 1.165) is 48.2 Å². The van der Waals surface area contributed by atoms with Crippen molar-refractivity contribution >= 4 is 21.6 Å². The number of carbonyl (C=O) groups is 1. The highest BCUT2D eigenvalue weighted by atomic mass is 32.2. The molecule has 1 fully saturated rings. The zero-order chi connectivity index (χ0) is 22.1. The van der Waals surface area contributed by atoms with Gasteiger partial charge in [-0.3, -0.25) is 9.69 Å². The molecule has 7 nitrogen and oxygen atoms in total. The van der Waals surface area contributed by atoms with Gasteiger partial charge in [0, 0.05) is 44.0 Å². The maximum Gasteiger partial charge on any atom is 0.243 e. The molecule has 0 radical (unpaired) electrons. The minimum atomic E-state index is -3.46. The number of ether oxygens (including phenoxy) is 1. The molecule has 0 unspecified atom stereocenters. The van der Waals surface area contributed by atoms with Crippen LogP contribution in [0.15, 0.2) is 47.4 Å². The van der Waals surface area contributed by atoms with Gasteiger partial charge >= 0.3 is 0 Å². The molecule has 8 heteroatoms. The van der Waals surface area contributed by atoms with Crippen molar-refractivity contribution in [1.82, 2.24) is 9.21 Å². The quantitative estimate of drug-likeness (QED) is 0.709. The van der Waals surface area contributed by atoms with E-state index in [0.29, 0.717) is 50.8 Å². The van der Waals surface area contributed by atoms with E-state index >= 15 is 0 Å². The van der Waals surface area contributed by atoms with Crippen LogP contribution in [0.3, 0.4) is 0 Å². The van der Waals surface area contributed by atoms with E-state index < -0.39 is 10.0 Å². The molecule has 1 saturated heterocycles. The molecule has 170 valence electrons. The topological polar surface area (TPSA) is 70.2 Å². The normalized spacial score (nSPS) is 19.7. The Labute approximate surface area is 189 Å². The number of para-hydroxylation sites is 1. The molecule has 0 saturated carbocycles. The van der Waals surface area contributed by atoms with Crippen LogP contribution in [0.4, 0.5) is 5.69 Å². The lowest BCUT2D eigenvalue weighted by Gasteiger charge is -2.32. The Morgan fingerprint density at radius 3 is 2.59 bits per heavy atom. The predicted molar refractivity (Wildman–Crippen MR) is 122 cm³/mol. The molecule has 32 heavy (non-hydrogen) atoms. The number of nitrogens with zero attached hydrogens (tertiary/aromatic N) is 3. The minimum absolute atomic E-state index is 0.0421. The molecule has 3 aliphatic rings. The largest absolute Gasteiger partial charge is 0.492 e. The predicted octanol–water partition coefficient (Wildman–Crippen LogP) is 2.64. The summed E-state index contributed by atoms with van der Waals surface area (Å²) < 4.78 is 33.3. The maximum atomic E-state index is 13.3. The summed E-state index contributed by atoms with van der Waals surface area (Å²) in [4.78, 5) is 17.5. The number of rotatable bonds is 4. The summed E-state index contributed by atoms with van der Waals surface area (Å²) in [7, 11) is -3.46. The first-order chi connectivity index (χ1) is 15.5. The first kappa shape index (κ1) is 21.4. The highest BCUT2D eigenvalue weighted by molar-refractivity contribution is 7.89. The second-order valence-corrected chi connectivity index (χ2v) is 10.7. The van der Waals surface area contributed by atoms with Gasteiger partial charge in [0.05, 0.1) is 11.4 Å². The number of aryl methyl sites for hydroxylation is 1. The van der Waals surface area contributed by atoms with Gasteiger partial charge in [-0.2, -0.15) is 4.31 Å². The third-order valence-corrected chi connectivity index (χ3v) is 8.46. The van der Waals surface area contributed by atoms with E-state index in [2.05, 4.69) is 4.90 Å². The molecule has 0 N–H and O–H groups in total. The Hall–Kier alpha value is -2.42. The Kier molecular flexibility index (Phi) is 5.92. The summed E-state index contributed by atoms with van der Waals surface area (Å²) in [5.41, 5.74) is 2.87. The van der Waals surface area contributed by atoms with Gasteiger partial charge in [-0.05, 0) is 55.5 Å². The second-order valence-electron chi connectivity index (χ2n) is 8.72. The molecular weight excluding hydrogens is 426 g/mol. The fourth-order valence-electron chi connectivity index (χ4n) is 4.86. The van der Waals surface area contributed by atoms with Gasteiger partial charge in [0.25, 0.3) is 0 Å². The fraction of sp³-hybridized carbons (Fsp3) is 0.458. The highest BCUT2D eigenvalue weighted by Gasteiger charge is 2.30. The van der Waals surface area contributed by atoms with Gasteiger partial charge in [0.1, 0.15) is 12.4 Å². The summed E-state index contributed by atoms with van der Waals surface area (Å²) in [6.07, 6.45) is 3.45. The van der Waals surface area contributed by atoms with Crippen molar-refractivity contribution in [3.05, 3.63) is 53.6 Å². The summed E-state index contributed by atoms with van der Waals surface area (Å²) in [5, 5.41) is 0. The van der Waals surface area contributed by atoms with Gasteiger partial charge in [0.15, 0.2) is 0 Å². The zero-order valence-electron chi connectivity index (χ0n) is 18.2. The van der Waals surface area contributed by atoms with E-state index in [1.165, 1.54) is 0 Å². The summed E-state index contributed by atoms with van der Waals surface area (Å²) in [5.74, 6) is 0.929. The van der Waals surface area contributed by atoms with Gasteiger partial charge in [0.2, 0.25) is 15.9 Å². The lowest BCUT2D eigenvalue weighted by molar-refractivity contribution is -0.120. The molecule has 3 heterocycles. The van der Waals surface area contributed by atoms with E-state index in [9.17, 15) is 13.2 Å². The Bertz CT molecular complexity index is 1110. The van der Waals surface area contributed by atoms with Crippen molar-refractivity contribution in [2.24, 2.45) is 0 Å². The van der Waals surface area contributed by atoms with Crippen LogP contribution in [-0.2, 0) is 27.8 Å². The van der Waals surface area contributed by atoms with Crippen LogP contribution in [0.25, 0.3) is 0 Å². The third-order valence-electron chi connectivity index (χ3n) is 6.56. The van der Waals surface area contributed by atoms with Gasteiger partial charge in [-0.25, -0.2) is 8.42 Å². The third kappa shape index (κ3) is 4.14. The van der Waals surface area contributed by atoms with Gasteiger partial charge in [-0.1, -0.05) is 18.2 Å². The van der Waals surface area contributed by atoms with Gasteiger partial charge < -0.3 is 9.64 Å².